The quantitative estimate of drug-likeness (QED) is 0.685. The number of hydrogen-bond donors (Lipinski definition) is 0. The van der Waals surface area contributed by atoms with Gasteiger partial charge in [-0.15, -0.1) is 0 Å². The third kappa shape index (κ3) is 4.77. The molecule has 170 valence electrons. The van der Waals surface area contributed by atoms with Crippen LogP contribution in [0, 0.1) is 11.3 Å². The van der Waals surface area contributed by atoms with E-state index in [9.17, 15) is 4.79 Å². The van der Waals surface area contributed by atoms with Gasteiger partial charge in [-0.05, 0) is 54.8 Å². The summed E-state index contributed by atoms with van der Waals surface area (Å²) in [6.07, 6.45) is 3.51. The van der Waals surface area contributed by atoms with Gasteiger partial charge in [0, 0.05) is 45.2 Å². The van der Waals surface area contributed by atoms with Crippen molar-refractivity contribution in [1.82, 2.24) is 14.7 Å². The smallest absolute Gasteiger partial charge is 0.226 e. The minimum Gasteiger partial charge on any atom is -0.340 e. The minimum atomic E-state index is 0.289. The maximum atomic E-state index is 13.2. The summed E-state index contributed by atoms with van der Waals surface area (Å²) < 4.78 is 0. The molecule has 2 atom stereocenters. The third-order valence-electron chi connectivity index (χ3n) is 8.17. The molecular weight excluding hydrogens is 394 g/mol. The molecule has 1 amide bonds. The Morgan fingerprint density at radius 1 is 0.875 bits per heavy atom. The monoisotopic (exact) mass is 431 g/mol. The highest BCUT2D eigenvalue weighted by Crippen LogP contribution is 2.60. The summed E-state index contributed by atoms with van der Waals surface area (Å²) in [6.45, 7) is 10.5. The number of piperidine rings is 1. The lowest BCUT2D eigenvalue weighted by Crippen LogP contribution is -2.49. The van der Waals surface area contributed by atoms with Crippen LogP contribution in [0.5, 0.6) is 0 Å². The molecule has 2 unspecified atom stereocenters. The maximum Gasteiger partial charge on any atom is 0.226 e. The number of amides is 1. The lowest BCUT2D eigenvalue weighted by atomic mass is 9.89. The largest absolute Gasteiger partial charge is 0.340 e. The summed E-state index contributed by atoms with van der Waals surface area (Å²) >= 11 is 0. The first kappa shape index (κ1) is 21.7. The van der Waals surface area contributed by atoms with Gasteiger partial charge in [0.2, 0.25) is 5.91 Å². The second-order valence-electron chi connectivity index (χ2n) is 10.3. The van der Waals surface area contributed by atoms with Gasteiger partial charge in [-0.25, -0.2) is 0 Å². The Kier molecular flexibility index (Phi) is 6.34. The van der Waals surface area contributed by atoms with E-state index in [0.29, 0.717) is 17.2 Å². The number of likely N-dealkylation sites (tertiary alicyclic amines) is 1. The Morgan fingerprint density at radius 3 is 2.16 bits per heavy atom. The molecule has 3 fully saturated rings. The van der Waals surface area contributed by atoms with E-state index in [1.807, 2.05) is 0 Å². The van der Waals surface area contributed by atoms with Gasteiger partial charge in [-0.2, -0.15) is 0 Å². The molecule has 3 aliphatic rings. The van der Waals surface area contributed by atoms with Crippen molar-refractivity contribution in [2.45, 2.75) is 38.6 Å². The highest BCUT2D eigenvalue weighted by Gasteiger charge is 2.59. The standard InChI is InChI=1S/C28H37N3O/c1-23(25-10-6-3-7-11-25)21-29-14-12-28(13-15-29)20-26(28)27(32)31-18-16-30(17-19-31)22-24-8-4-2-5-9-24/h2-11,23,26H,12-22H2,1H3. The van der Waals surface area contributed by atoms with Crippen molar-refractivity contribution in [3.05, 3.63) is 71.8 Å². The van der Waals surface area contributed by atoms with E-state index < -0.39 is 0 Å². The molecule has 1 saturated carbocycles. The first-order chi connectivity index (χ1) is 15.6. The lowest BCUT2D eigenvalue weighted by molar-refractivity contribution is -0.135. The average Bonchev–Trinajstić information content (AvgIpc) is 3.55. The third-order valence-corrected chi connectivity index (χ3v) is 8.17. The van der Waals surface area contributed by atoms with Gasteiger partial charge in [0.05, 0.1) is 0 Å². The topological polar surface area (TPSA) is 26.8 Å². The van der Waals surface area contributed by atoms with Gasteiger partial charge in [-0.3, -0.25) is 9.69 Å². The van der Waals surface area contributed by atoms with Crippen LogP contribution in [0.2, 0.25) is 0 Å². The van der Waals surface area contributed by atoms with Crippen molar-refractivity contribution >= 4 is 5.91 Å². The Hall–Kier alpha value is -2.17. The fraction of sp³-hybridized carbons (Fsp3) is 0.536. The Labute approximate surface area is 193 Å². The molecule has 0 bridgehead atoms. The number of benzene rings is 2. The molecule has 4 nitrogen and oxygen atoms in total. The average molecular weight is 432 g/mol. The highest BCUT2D eigenvalue weighted by atomic mass is 16.2. The predicted octanol–water partition coefficient (Wildman–Crippen LogP) is 4.24. The Balaban J connectivity index is 1.06. The van der Waals surface area contributed by atoms with E-state index in [1.54, 1.807) is 0 Å². The molecule has 32 heavy (non-hydrogen) atoms. The summed E-state index contributed by atoms with van der Waals surface area (Å²) in [7, 11) is 0. The summed E-state index contributed by atoms with van der Waals surface area (Å²) in [5.41, 5.74) is 3.10. The van der Waals surface area contributed by atoms with Crippen molar-refractivity contribution < 1.29 is 4.79 Å². The van der Waals surface area contributed by atoms with Crippen LogP contribution in [-0.2, 0) is 11.3 Å². The van der Waals surface area contributed by atoms with E-state index >= 15 is 0 Å². The summed E-state index contributed by atoms with van der Waals surface area (Å²) in [6, 6.07) is 21.5. The van der Waals surface area contributed by atoms with Crippen LogP contribution in [0.3, 0.4) is 0 Å². The lowest BCUT2D eigenvalue weighted by Gasteiger charge is -2.37. The molecule has 2 heterocycles. The first-order valence-electron chi connectivity index (χ1n) is 12.5. The molecule has 1 spiro atoms. The molecule has 2 aromatic carbocycles. The van der Waals surface area contributed by atoms with Gasteiger partial charge >= 0.3 is 0 Å². The maximum absolute atomic E-state index is 13.2. The first-order valence-corrected chi connectivity index (χ1v) is 12.5. The SMILES string of the molecule is CC(CN1CCC2(CC1)CC2C(=O)N1CCN(Cc2ccccc2)CC1)c1ccccc1. The zero-order chi connectivity index (χ0) is 22.0. The van der Waals surface area contributed by atoms with Crippen LogP contribution < -0.4 is 0 Å². The molecule has 1 aliphatic carbocycles. The van der Waals surface area contributed by atoms with Crippen molar-refractivity contribution in [3.63, 3.8) is 0 Å². The van der Waals surface area contributed by atoms with Crippen LogP contribution >= 0.6 is 0 Å². The molecule has 0 N–H and O–H groups in total. The van der Waals surface area contributed by atoms with Crippen LogP contribution in [0.4, 0.5) is 0 Å². The Bertz CT molecular complexity index is 883. The number of carbonyl (C=O) groups is 1. The van der Waals surface area contributed by atoms with Crippen molar-refractivity contribution in [1.29, 1.82) is 0 Å². The number of carbonyl (C=O) groups excluding carboxylic acids is 1. The van der Waals surface area contributed by atoms with E-state index in [0.717, 1.165) is 58.8 Å². The van der Waals surface area contributed by atoms with Crippen LogP contribution in [0.25, 0.3) is 0 Å². The minimum absolute atomic E-state index is 0.289. The second kappa shape index (κ2) is 9.36. The summed E-state index contributed by atoms with van der Waals surface area (Å²) in [5.74, 6) is 1.29. The highest BCUT2D eigenvalue weighted by molar-refractivity contribution is 5.83. The van der Waals surface area contributed by atoms with Gasteiger partial charge in [0.25, 0.3) is 0 Å². The van der Waals surface area contributed by atoms with E-state index in [4.69, 9.17) is 0 Å². The molecule has 0 aromatic heterocycles. The molecule has 2 aliphatic heterocycles. The Morgan fingerprint density at radius 2 is 1.50 bits per heavy atom. The fourth-order valence-electron chi connectivity index (χ4n) is 5.89. The molecule has 5 rings (SSSR count). The molecule has 0 radical (unpaired) electrons. The fourth-order valence-corrected chi connectivity index (χ4v) is 5.89. The van der Waals surface area contributed by atoms with Crippen LogP contribution in [0.1, 0.15) is 43.2 Å². The van der Waals surface area contributed by atoms with Crippen LogP contribution in [0.15, 0.2) is 60.7 Å². The van der Waals surface area contributed by atoms with E-state index in [-0.39, 0.29) is 5.92 Å². The molecular formula is C28H37N3O. The zero-order valence-corrected chi connectivity index (χ0v) is 19.5. The van der Waals surface area contributed by atoms with Crippen molar-refractivity contribution in [2.75, 3.05) is 45.8 Å². The van der Waals surface area contributed by atoms with Crippen LogP contribution in [-0.4, -0.2) is 66.4 Å². The van der Waals surface area contributed by atoms with Gasteiger partial charge in [0.15, 0.2) is 0 Å². The molecule has 2 aromatic rings. The van der Waals surface area contributed by atoms with Gasteiger partial charge < -0.3 is 9.80 Å². The van der Waals surface area contributed by atoms with Crippen molar-refractivity contribution in [2.24, 2.45) is 11.3 Å². The van der Waals surface area contributed by atoms with Gasteiger partial charge in [-0.1, -0.05) is 67.6 Å². The summed E-state index contributed by atoms with van der Waals surface area (Å²) in [5, 5.41) is 0. The number of rotatable bonds is 6. The predicted molar refractivity (Wildman–Crippen MR) is 129 cm³/mol. The van der Waals surface area contributed by atoms with E-state index in [1.165, 1.54) is 24.0 Å². The number of piperazine rings is 1. The van der Waals surface area contributed by atoms with E-state index in [2.05, 4.69) is 82.3 Å². The molecule has 2 saturated heterocycles. The zero-order valence-electron chi connectivity index (χ0n) is 19.5. The van der Waals surface area contributed by atoms with Gasteiger partial charge in [0.1, 0.15) is 0 Å². The number of nitrogens with zero attached hydrogens (tertiary/aromatic N) is 3. The summed E-state index contributed by atoms with van der Waals surface area (Å²) in [4.78, 5) is 20.5. The normalized spacial score (nSPS) is 24.4. The molecule has 4 heteroatoms. The second-order valence-corrected chi connectivity index (χ2v) is 10.3. The number of hydrogen-bond acceptors (Lipinski definition) is 3. The van der Waals surface area contributed by atoms with Crippen molar-refractivity contribution in [3.8, 4) is 0 Å².